The monoisotopic (exact) mass is 457 g/mol. The molecule has 3 aromatic rings. The molecule has 1 aliphatic carbocycles. The Labute approximate surface area is 179 Å². The Bertz CT molecular complexity index is 947. The van der Waals surface area contributed by atoms with Crippen molar-refractivity contribution in [1.29, 1.82) is 0 Å². The fourth-order valence-corrected chi connectivity index (χ4v) is 4.31. The Kier molecular flexibility index (Phi) is 6.30. The van der Waals surface area contributed by atoms with Crippen LogP contribution in [-0.4, -0.2) is 46.8 Å². The van der Waals surface area contributed by atoms with E-state index in [1.165, 1.54) is 12.8 Å². The lowest BCUT2D eigenvalue weighted by Gasteiger charge is -2.29. The van der Waals surface area contributed by atoms with Gasteiger partial charge in [-0.2, -0.15) is 10.1 Å². The number of halogens is 1. The average molecular weight is 458 g/mol. The summed E-state index contributed by atoms with van der Waals surface area (Å²) in [4.78, 5) is 11.6. The third-order valence-electron chi connectivity index (χ3n) is 5.59. The van der Waals surface area contributed by atoms with Gasteiger partial charge in [-0.25, -0.2) is 4.98 Å². The molecule has 4 rings (SSSR count). The van der Waals surface area contributed by atoms with Crippen molar-refractivity contribution in [3.63, 3.8) is 0 Å². The van der Waals surface area contributed by atoms with E-state index in [-0.39, 0.29) is 0 Å². The molecule has 0 bridgehead atoms. The normalized spacial score (nSPS) is 19.4. The van der Waals surface area contributed by atoms with Gasteiger partial charge in [0.05, 0.1) is 21.9 Å². The number of nitrogens with zero attached hydrogens (tertiary/aromatic N) is 4. The number of hydrogen-bond donors (Lipinski definition) is 3. The average Bonchev–Trinajstić information content (AvgIpc) is 3.13. The van der Waals surface area contributed by atoms with Gasteiger partial charge >= 0.3 is 0 Å². The zero-order valence-electron chi connectivity index (χ0n) is 17.0. The zero-order chi connectivity index (χ0) is 20.2. The largest absolute Gasteiger partial charge is 0.362 e. The molecule has 0 aliphatic heterocycles. The van der Waals surface area contributed by atoms with Gasteiger partial charge in [0.25, 0.3) is 0 Å². The summed E-state index contributed by atoms with van der Waals surface area (Å²) < 4.78 is 1.03. The summed E-state index contributed by atoms with van der Waals surface area (Å²) in [5.74, 6) is 2.41. The SMILES string of the molecule is CN(C)c1nc(N[C@H]2CC[C@@H](CNCc3[nH]ncc3Br)CC2)nc2ccccc12. The number of para-hydroxylation sites is 1. The molecule has 0 radical (unpaired) electrons. The van der Waals surface area contributed by atoms with Crippen LogP contribution < -0.4 is 15.5 Å². The molecule has 0 atom stereocenters. The number of H-pyrrole nitrogens is 1. The molecular weight excluding hydrogens is 430 g/mol. The predicted octanol–water partition coefficient (Wildman–Crippen LogP) is 3.94. The molecule has 0 saturated heterocycles. The molecule has 3 N–H and O–H groups in total. The van der Waals surface area contributed by atoms with Gasteiger partial charge in [0.15, 0.2) is 0 Å². The predicted molar refractivity (Wildman–Crippen MR) is 121 cm³/mol. The van der Waals surface area contributed by atoms with Crippen LogP contribution in [0.2, 0.25) is 0 Å². The van der Waals surface area contributed by atoms with E-state index in [9.17, 15) is 0 Å². The van der Waals surface area contributed by atoms with E-state index in [1.807, 2.05) is 26.2 Å². The second-order valence-corrected chi connectivity index (χ2v) is 8.83. The molecule has 0 unspecified atom stereocenters. The molecule has 29 heavy (non-hydrogen) atoms. The number of nitrogens with one attached hydrogen (secondary N) is 3. The standard InChI is InChI=1S/C21H28BrN7/c1-29(2)20-16-5-3-4-6-18(16)26-21(27-20)25-15-9-7-14(8-10-15)11-23-13-19-17(22)12-24-28-19/h3-6,12,14-15,23H,7-11,13H2,1-2H3,(H,24,28)(H,25,26,27)/t14-,15+. The van der Waals surface area contributed by atoms with Crippen LogP contribution in [-0.2, 0) is 6.54 Å². The zero-order valence-corrected chi connectivity index (χ0v) is 18.5. The number of anilines is 2. The Morgan fingerprint density at radius 1 is 1.14 bits per heavy atom. The molecule has 8 heteroatoms. The summed E-state index contributed by atoms with van der Waals surface area (Å²) in [6.45, 7) is 1.85. The van der Waals surface area contributed by atoms with E-state index >= 15 is 0 Å². The summed E-state index contributed by atoms with van der Waals surface area (Å²) >= 11 is 3.50. The van der Waals surface area contributed by atoms with Crippen molar-refractivity contribution in [3.8, 4) is 0 Å². The molecule has 2 heterocycles. The van der Waals surface area contributed by atoms with Crippen molar-refractivity contribution in [1.82, 2.24) is 25.5 Å². The van der Waals surface area contributed by atoms with Crippen LogP contribution in [0.25, 0.3) is 10.9 Å². The van der Waals surface area contributed by atoms with Crippen molar-refractivity contribution in [2.45, 2.75) is 38.3 Å². The van der Waals surface area contributed by atoms with Crippen LogP contribution in [0.3, 0.4) is 0 Å². The molecule has 7 nitrogen and oxygen atoms in total. The van der Waals surface area contributed by atoms with E-state index in [4.69, 9.17) is 9.97 Å². The lowest BCUT2D eigenvalue weighted by molar-refractivity contribution is 0.323. The molecular formula is C21H28BrN7. The molecule has 0 spiro atoms. The summed E-state index contributed by atoms with van der Waals surface area (Å²) in [5.41, 5.74) is 2.09. The number of aromatic amines is 1. The van der Waals surface area contributed by atoms with Crippen LogP contribution in [0, 0.1) is 5.92 Å². The molecule has 2 aromatic heterocycles. The van der Waals surface area contributed by atoms with Crippen LogP contribution in [0.15, 0.2) is 34.9 Å². The van der Waals surface area contributed by atoms with Crippen LogP contribution >= 0.6 is 15.9 Å². The van der Waals surface area contributed by atoms with Gasteiger partial charge in [0.1, 0.15) is 5.82 Å². The molecule has 0 amide bonds. The minimum absolute atomic E-state index is 0.434. The van der Waals surface area contributed by atoms with E-state index in [2.05, 4.69) is 53.8 Å². The molecule has 1 fully saturated rings. The van der Waals surface area contributed by atoms with Crippen molar-refractivity contribution in [3.05, 3.63) is 40.6 Å². The lowest BCUT2D eigenvalue weighted by Crippen LogP contribution is -2.31. The van der Waals surface area contributed by atoms with Crippen LogP contribution in [0.1, 0.15) is 31.4 Å². The minimum atomic E-state index is 0.434. The smallest absolute Gasteiger partial charge is 0.225 e. The minimum Gasteiger partial charge on any atom is -0.362 e. The van der Waals surface area contributed by atoms with Crippen LogP contribution in [0.5, 0.6) is 0 Å². The Morgan fingerprint density at radius 3 is 2.66 bits per heavy atom. The van der Waals surface area contributed by atoms with E-state index < -0.39 is 0 Å². The van der Waals surface area contributed by atoms with E-state index in [0.717, 1.165) is 58.8 Å². The highest BCUT2D eigenvalue weighted by molar-refractivity contribution is 9.10. The lowest BCUT2D eigenvalue weighted by atomic mass is 9.86. The maximum absolute atomic E-state index is 4.78. The van der Waals surface area contributed by atoms with Gasteiger partial charge in [0, 0.05) is 32.1 Å². The number of rotatable bonds is 7. The highest BCUT2D eigenvalue weighted by Gasteiger charge is 2.22. The van der Waals surface area contributed by atoms with Gasteiger partial charge in [0.2, 0.25) is 5.95 Å². The summed E-state index contributed by atoms with van der Waals surface area (Å²) in [7, 11) is 4.05. The highest BCUT2D eigenvalue weighted by Crippen LogP contribution is 2.28. The third kappa shape index (κ3) is 4.87. The van der Waals surface area contributed by atoms with Gasteiger partial charge in [-0.05, 0) is 66.2 Å². The topological polar surface area (TPSA) is 81.8 Å². The van der Waals surface area contributed by atoms with Gasteiger partial charge in [-0.15, -0.1) is 0 Å². The van der Waals surface area contributed by atoms with Crippen molar-refractivity contribution in [2.24, 2.45) is 5.92 Å². The quantitative estimate of drug-likeness (QED) is 0.498. The number of fused-ring (bicyclic) bond motifs is 1. The third-order valence-corrected chi connectivity index (χ3v) is 6.27. The van der Waals surface area contributed by atoms with Crippen LogP contribution in [0.4, 0.5) is 11.8 Å². The number of hydrogen-bond acceptors (Lipinski definition) is 6. The summed E-state index contributed by atoms with van der Waals surface area (Å²) in [5, 5.41) is 15.3. The van der Waals surface area contributed by atoms with E-state index in [1.54, 1.807) is 6.20 Å². The second kappa shape index (κ2) is 9.09. The Balaban J connectivity index is 1.31. The first kappa shape index (κ1) is 20.1. The van der Waals surface area contributed by atoms with E-state index in [0.29, 0.717) is 12.0 Å². The van der Waals surface area contributed by atoms with Gasteiger partial charge < -0.3 is 15.5 Å². The molecule has 1 saturated carbocycles. The maximum atomic E-state index is 4.78. The Morgan fingerprint density at radius 2 is 1.93 bits per heavy atom. The fourth-order valence-electron chi connectivity index (χ4n) is 3.98. The first-order chi connectivity index (χ1) is 14.1. The molecule has 1 aliphatic rings. The van der Waals surface area contributed by atoms with Gasteiger partial charge in [-0.3, -0.25) is 5.10 Å². The Hall–Kier alpha value is -2.19. The number of benzene rings is 1. The highest BCUT2D eigenvalue weighted by atomic mass is 79.9. The first-order valence-electron chi connectivity index (χ1n) is 10.2. The maximum Gasteiger partial charge on any atom is 0.225 e. The van der Waals surface area contributed by atoms with Crippen molar-refractivity contribution < 1.29 is 0 Å². The molecule has 154 valence electrons. The van der Waals surface area contributed by atoms with Crippen molar-refractivity contribution in [2.75, 3.05) is 30.9 Å². The van der Waals surface area contributed by atoms with Gasteiger partial charge in [-0.1, -0.05) is 12.1 Å². The van der Waals surface area contributed by atoms with Crippen molar-refractivity contribution >= 4 is 38.6 Å². The molecule has 1 aromatic carbocycles. The summed E-state index contributed by atoms with van der Waals surface area (Å²) in [6.07, 6.45) is 6.51. The number of aromatic nitrogens is 4. The second-order valence-electron chi connectivity index (χ2n) is 7.97. The summed E-state index contributed by atoms with van der Waals surface area (Å²) in [6, 6.07) is 8.62. The fraction of sp³-hybridized carbons (Fsp3) is 0.476. The first-order valence-corrected chi connectivity index (χ1v) is 11.0.